The minimum absolute atomic E-state index is 0.251. The first-order chi connectivity index (χ1) is 7.97. The van der Waals surface area contributed by atoms with Crippen LogP contribution in [0.1, 0.15) is 12.8 Å². The molecule has 4 nitrogen and oxygen atoms in total. The number of piperidine rings is 1. The largest absolute Gasteiger partial charge is 0.357 e. The molecule has 1 aromatic heterocycles. The summed E-state index contributed by atoms with van der Waals surface area (Å²) >= 11 is 0. The minimum Gasteiger partial charge on any atom is -0.357 e. The van der Waals surface area contributed by atoms with E-state index in [4.69, 9.17) is 0 Å². The topological polar surface area (TPSA) is 50.3 Å². The molecule has 0 atom stereocenters. The van der Waals surface area contributed by atoms with E-state index in [1.807, 2.05) is 4.90 Å². The number of aromatic nitrogens is 1. The first-order valence-electron chi connectivity index (χ1n) is 5.52. The van der Waals surface area contributed by atoms with Crippen LogP contribution in [0.3, 0.4) is 0 Å². The van der Waals surface area contributed by atoms with Gasteiger partial charge in [-0.05, 0) is 25.0 Å². The van der Waals surface area contributed by atoms with Crippen molar-refractivity contribution in [2.45, 2.75) is 18.1 Å². The Morgan fingerprint density at radius 2 is 2.00 bits per heavy atom. The van der Waals surface area contributed by atoms with Crippen LogP contribution in [0, 0.1) is 5.82 Å². The van der Waals surface area contributed by atoms with E-state index >= 15 is 0 Å². The van der Waals surface area contributed by atoms with E-state index in [0.29, 0.717) is 31.7 Å². The maximum Gasteiger partial charge on any atom is 0.150 e. The van der Waals surface area contributed by atoms with Gasteiger partial charge in [-0.3, -0.25) is 0 Å². The van der Waals surface area contributed by atoms with Gasteiger partial charge in [0.25, 0.3) is 0 Å². The Morgan fingerprint density at radius 1 is 1.35 bits per heavy atom. The van der Waals surface area contributed by atoms with Gasteiger partial charge in [0.15, 0.2) is 0 Å². The van der Waals surface area contributed by atoms with Gasteiger partial charge in [-0.15, -0.1) is 0 Å². The predicted molar refractivity (Wildman–Crippen MR) is 64.3 cm³/mol. The SMILES string of the molecule is CS(=O)(=O)C1CCN(c2ccc(F)cn2)CC1. The standard InChI is InChI=1S/C11H15FN2O2S/c1-17(15,16)10-4-6-14(7-5-10)11-3-2-9(12)8-13-11/h2-3,8,10H,4-7H2,1H3. The summed E-state index contributed by atoms with van der Waals surface area (Å²) in [4.78, 5) is 5.98. The zero-order chi connectivity index (χ0) is 12.5. The van der Waals surface area contributed by atoms with Crippen LogP contribution < -0.4 is 4.90 Å². The molecule has 0 bridgehead atoms. The Bertz CT molecular complexity index is 479. The summed E-state index contributed by atoms with van der Waals surface area (Å²) in [6, 6.07) is 2.99. The molecule has 0 aliphatic carbocycles. The molecular weight excluding hydrogens is 243 g/mol. The van der Waals surface area contributed by atoms with Crippen LogP contribution >= 0.6 is 0 Å². The van der Waals surface area contributed by atoms with Crippen LogP contribution in [0.4, 0.5) is 10.2 Å². The van der Waals surface area contributed by atoms with Gasteiger partial charge >= 0.3 is 0 Å². The fraction of sp³-hybridized carbons (Fsp3) is 0.545. The fourth-order valence-electron chi connectivity index (χ4n) is 2.07. The average molecular weight is 258 g/mol. The molecule has 2 rings (SSSR count). The van der Waals surface area contributed by atoms with Gasteiger partial charge in [-0.1, -0.05) is 0 Å². The summed E-state index contributed by atoms with van der Waals surface area (Å²) in [5.41, 5.74) is 0. The van der Waals surface area contributed by atoms with Crippen molar-refractivity contribution in [3.05, 3.63) is 24.1 Å². The lowest BCUT2D eigenvalue weighted by atomic mass is 10.1. The fourth-order valence-corrected chi connectivity index (χ4v) is 3.14. The van der Waals surface area contributed by atoms with Crippen molar-refractivity contribution in [2.75, 3.05) is 24.2 Å². The number of pyridine rings is 1. The van der Waals surface area contributed by atoms with Crippen LogP contribution in [-0.2, 0) is 9.84 Å². The van der Waals surface area contributed by atoms with Crippen molar-refractivity contribution in [3.8, 4) is 0 Å². The molecule has 1 saturated heterocycles. The van der Waals surface area contributed by atoms with Crippen molar-refractivity contribution < 1.29 is 12.8 Å². The maximum atomic E-state index is 12.7. The van der Waals surface area contributed by atoms with Gasteiger partial charge in [0.1, 0.15) is 21.5 Å². The number of nitrogens with zero attached hydrogens (tertiary/aromatic N) is 2. The van der Waals surface area contributed by atoms with Gasteiger partial charge in [0.05, 0.1) is 11.4 Å². The van der Waals surface area contributed by atoms with Crippen LogP contribution in [0.2, 0.25) is 0 Å². The highest BCUT2D eigenvalue weighted by Crippen LogP contribution is 2.21. The molecule has 1 aromatic rings. The normalized spacial score (nSPS) is 18.4. The summed E-state index contributed by atoms with van der Waals surface area (Å²) < 4.78 is 35.5. The van der Waals surface area contributed by atoms with Gasteiger partial charge < -0.3 is 4.90 Å². The van der Waals surface area contributed by atoms with Crippen molar-refractivity contribution in [1.29, 1.82) is 0 Å². The van der Waals surface area contributed by atoms with Crippen LogP contribution in [0.15, 0.2) is 18.3 Å². The van der Waals surface area contributed by atoms with E-state index < -0.39 is 9.84 Å². The minimum atomic E-state index is -2.95. The highest BCUT2D eigenvalue weighted by atomic mass is 32.2. The summed E-state index contributed by atoms with van der Waals surface area (Å²) in [6.45, 7) is 1.30. The van der Waals surface area contributed by atoms with E-state index in [1.165, 1.54) is 18.5 Å². The Hall–Kier alpha value is -1.17. The van der Waals surface area contributed by atoms with Crippen molar-refractivity contribution in [3.63, 3.8) is 0 Å². The highest BCUT2D eigenvalue weighted by molar-refractivity contribution is 7.91. The maximum absolute atomic E-state index is 12.7. The highest BCUT2D eigenvalue weighted by Gasteiger charge is 2.26. The number of halogens is 1. The predicted octanol–water partition coefficient (Wildman–Crippen LogP) is 1.23. The van der Waals surface area contributed by atoms with Crippen molar-refractivity contribution >= 4 is 15.7 Å². The summed E-state index contributed by atoms with van der Waals surface area (Å²) in [5.74, 6) is 0.345. The van der Waals surface area contributed by atoms with E-state index in [0.717, 1.165) is 0 Å². The second-order valence-corrected chi connectivity index (χ2v) is 6.68. The molecule has 2 heterocycles. The molecule has 1 fully saturated rings. The van der Waals surface area contributed by atoms with Gasteiger partial charge in [-0.2, -0.15) is 0 Å². The number of anilines is 1. The van der Waals surface area contributed by atoms with Gasteiger partial charge in [0.2, 0.25) is 0 Å². The molecule has 17 heavy (non-hydrogen) atoms. The lowest BCUT2D eigenvalue weighted by Gasteiger charge is -2.31. The molecule has 0 saturated carbocycles. The Labute approximate surface area is 100 Å². The lowest BCUT2D eigenvalue weighted by molar-refractivity contribution is 0.531. The number of hydrogen-bond acceptors (Lipinski definition) is 4. The molecular formula is C11H15FN2O2S. The third-order valence-electron chi connectivity index (χ3n) is 3.08. The Balaban J connectivity index is 2.02. The third kappa shape index (κ3) is 2.94. The molecule has 0 N–H and O–H groups in total. The van der Waals surface area contributed by atoms with E-state index in [2.05, 4.69) is 4.98 Å². The summed E-state index contributed by atoms with van der Waals surface area (Å²) in [7, 11) is -2.95. The first-order valence-corrected chi connectivity index (χ1v) is 7.47. The molecule has 0 aromatic carbocycles. The smallest absolute Gasteiger partial charge is 0.150 e. The molecule has 0 radical (unpaired) electrons. The third-order valence-corrected chi connectivity index (χ3v) is 4.77. The van der Waals surface area contributed by atoms with Crippen LogP contribution in [0.25, 0.3) is 0 Å². The number of sulfone groups is 1. The van der Waals surface area contributed by atoms with Gasteiger partial charge in [0, 0.05) is 19.3 Å². The summed E-state index contributed by atoms with van der Waals surface area (Å²) in [6.07, 6.45) is 3.68. The summed E-state index contributed by atoms with van der Waals surface area (Å²) in [5, 5.41) is -0.251. The van der Waals surface area contributed by atoms with Crippen LogP contribution in [-0.4, -0.2) is 38.0 Å². The average Bonchev–Trinajstić information content (AvgIpc) is 2.29. The van der Waals surface area contributed by atoms with Gasteiger partial charge in [-0.25, -0.2) is 17.8 Å². The lowest BCUT2D eigenvalue weighted by Crippen LogP contribution is -2.39. The number of rotatable bonds is 2. The Morgan fingerprint density at radius 3 is 2.47 bits per heavy atom. The molecule has 94 valence electrons. The molecule has 0 amide bonds. The quantitative estimate of drug-likeness (QED) is 0.800. The molecule has 0 spiro atoms. The Kier molecular flexibility index (Phi) is 3.33. The second-order valence-electron chi connectivity index (χ2n) is 4.35. The zero-order valence-corrected chi connectivity index (χ0v) is 10.5. The van der Waals surface area contributed by atoms with E-state index in [9.17, 15) is 12.8 Å². The second kappa shape index (κ2) is 4.60. The van der Waals surface area contributed by atoms with Crippen molar-refractivity contribution in [1.82, 2.24) is 4.98 Å². The monoisotopic (exact) mass is 258 g/mol. The van der Waals surface area contributed by atoms with Crippen LogP contribution in [0.5, 0.6) is 0 Å². The van der Waals surface area contributed by atoms with E-state index in [-0.39, 0.29) is 11.1 Å². The molecule has 0 unspecified atom stereocenters. The number of hydrogen-bond donors (Lipinski definition) is 0. The van der Waals surface area contributed by atoms with E-state index in [1.54, 1.807) is 6.07 Å². The molecule has 1 aliphatic heterocycles. The first kappa shape index (κ1) is 12.3. The van der Waals surface area contributed by atoms with Crippen molar-refractivity contribution in [2.24, 2.45) is 0 Å². The molecule has 1 aliphatic rings. The molecule has 6 heteroatoms. The zero-order valence-electron chi connectivity index (χ0n) is 9.63.